The lowest BCUT2D eigenvalue weighted by atomic mass is 10.4. The average molecular weight is 252 g/mol. The molecule has 0 aliphatic rings. The molecule has 82 valence electrons. The molecule has 6 heteroatoms. The number of aliphatic hydroxyl groups excluding tert-OH is 1. The molecule has 3 rings (SSSR count). The molecule has 0 fully saturated rings. The van der Waals surface area contributed by atoms with Crippen molar-refractivity contribution in [2.24, 2.45) is 0 Å². The van der Waals surface area contributed by atoms with Crippen molar-refractivity contribution in [2.45, 2.75) is 13.0 Å². The normalized spacial score (nSPS) is 13.4. The standard InChI is InChI=1S/C10H8N2O2S2/c1-5(13)9-11-10(14-12-9)8-4-7-6(16-8)2-3-15-7/h2-5,13H,1H3. The first-order valence-electron chi connectivity index (χ1n) is 4.73. The van der Waals surface area contributed by atoms with Gasteiger partial charge in [-0.1, -0.05) is 5.16 Å². The van der Waals surface area contributed by atoms with Crippen LogP contribution in [0.2, 0.25) is 0 Å². The summed E-state index contributed by atoms with van der Waals surface area (Å²) in [6, 6.07) is 4.10. The summed E-state index contributed by atoms with van der Waals surface area (Å²) in [6.07, 6.45) is -0.696. The van der Waals surface area contributed by atoms with Crippen LogP contribution in [0.4, 0.5) is 0 Å². The number of hydrogen-bond acceptors (Lipinski definition) is 6. The largest absolute Gasteiger partial charge is 0.385 e. The maximum Gasteiger partial charge on any atom is 0.268 e. The second kappa shape index (κ2) is 3.65. The fourth-order valence-corrected chi connectivity index (χ4v) is 3.41. The van der Waals surface area contributed by atoms with Crippen LogP contribution < -0.4 is 0 Å². The monoisotopic (exact) mass is 252 g/mol. The Morgan fingerprint density at radius 2 is 2.31 bits per heavy atom. The molecule has 0 saturated heterocycles. The van der Waals surface area contributed by atoms with E-state index in [4.69, 9.17) is 4.52 Å². The molecule has 1 N–H and O–H groups in total. The molecular formula is C10H8N2O2S2. The van der Waals surface area contributed by atoms with Gasteiger partial charge in [-0.2, -0.15) is 4.98 Å². The van der Waals surface area contributed by atoms with Gasteiger partial charge in [-0.15, -0.1) is 22.7 Å². The van der Waals surface area contributed by atoms with Crippen molar-refractivity contribution in [3.63, 3.8) is 0 Å². The van der Waals surface area contributed by atoms with Gasteiger partial charge in [0, 0.05) is 9.40 Å². The second-order valence-electron chi connectivity index (χ2n) is 3.39. The maximum absolute atomic E-state index is 9.30. The van der Waals surface area contributed by atoms with E-state index < -0.39 is 6.10 Å². The maximum atomic E-state index is 9.30. The summed E-state index contributed by atoms with van der Waals surface area (Å²) in [5.41, 5.74) is 0. The molecule has 4 nitrogen and oxygen atoms in total. The number of aliphatic hydroxyl groups is 1. The Bertz CT molecular complexity index is 595. The van der Waals surface area contributed by atoms with E-state index in [1.54, 1.807) is 29.6 Å². The van der Waals surface area contributed by atoms with E-state index in [0.717, 1.165) is 4.88 Å². The Labute approximate surface area is 99.2 Å². The molecule has 1 unspecified atom stereocenters. The predicted octanol–water partition coefficient (Wildman–Crippen LogP) is 3.07. The van der Waals surface area contributed by atoms with E-state index in [0.29, 0.717) is 11.7 Å². The van der Waals surface area contributed by atoms with Gasteiger partial charge in [0.1, 0.15) is 6.10 Å². The van der Waals surface area contributed by atoms with Crippen LogP contribution in [0, 0.1) is 0 Å². The lowest BCUT2D eigenvalue weighted by molar-refractivity contribution is 0.184. The topological polar surface area (TPSA) is 59.2 Å². The van der Waals surface area contributed by atoms with E-state index in [1.165, 1.54) is 9.40 Å². The van der Waals surface area contributed by atoms with Crippen LogP contribution in [0.3, 0.4) is 0 Å². The van der Waals surface area contributed by atoms with Gasteiger partial charge in [0.25, 0.3) is 5.89 Å². The number of fused-ring (bicyclic) bond motifs is 1. The summed E-state index contributed by atoms with van der Waals surface area (Å²) < 4.78 is 7.54. The van der Waals surface area contributed by atoms with Gasteiger partial charge in [0.15, 0.2) is 5.82 Å². The van der Waals surface area contributed by atoms with Gasteiger partial charge in [0.2, 0.25) is 0 Å². The minimum absolute atomic E-state index is 0.326. The van der Waals surface area contributed by atoms with E-state index in [-0.39, 0.29) is 0 Å². The third-order valence-corrected chi connectivity index (χ3v) is 4.25. The highest BCUT2D eigenvalue weighted by molar-refractivity contribution is 7.28. The lowest BCUT2D eigenvalue weighted by Gasteiger charge is -1.91. The summed E-state index contributed by atoms with van der Waals surface area (Å²) in [6.45, 7) is 1.61. The highest BCUT2D eigenvalue weighted by Crippen LogP contribution is 2.35. The van der Waals surface area contributed by atoms with Gasteiger partial charge in [-0.05, 0) is 24.4 Å². The fourth-order valence-electron chi connectivity index (χ4n) is 1.38. The number of hydrogen-bond donors (Lipinski definition) is 1. The molecule has 0 aliphatic heterocycles. The van der Waals surface area contributed by atoms with Gasteiger partial charge >= 0.3 is 0 Å². The molecule has 3 aromatic rings. The molecule has 0 aliphatic carbocycles. The van der Waals surface area contributed by atoms with Crippen LogP contribution in [0.5, 0.6) is 0 Å². The minimum atomic E-state index is -0.696. The smallest absolute Gasteiger partial charge is 0.268 e. The van der Waals surface area contributed by atoms with Crippen molar-refractivity contribution < 1.29 is 9.63 Å². The van der Waals surface area contributed by atoms with E-state index in [1.807, 2.05) is 6.07 Å². The highest BCUT2D eigenvalue weighted by Gasteiger charge is 2.14. The molecule has 1 atom stereocenters. The molecule has 0 saturated carbocycles. The Balaban J connectivity index is 2.05. The molecule has 0 radical (unpaired) electrons. The summed E-state index contributed by atoms with van der Waals surface area (Å²) in [5.74, 6) is 0.802. The Morgan fingerprint density at radius 1 is 1.44 bits per heavy atom. The number of rotatable bonds is 2. The van der Waals surface area contributed by atoms with Gasteiger partial charge in [0.05, 0.1) is 4.88 Å². The molecule has 3 heterocycles. The highest BCUT2D eigenvalue weighted by atomic mass is 32.1. The molecule has 0 amide bonds. The van der Waals surface area contributed by atoms with Crippen LogP contribution >= 0.6 is 22.7 Å². The quantitative estimate of drug-likeness (QED) is 0.761. The van der Waals surface area contributed by atoms with Gasteiger partial charge < -0.3 is 9.63 Å². The predicted molar refractivity (Wildman–Crippen MR) is 63.6 cm³/mol. The lowest BCUT2D eigenvalue weighted by Crippen LogP contribution is -1.92. The summed E-state index contributed by atoms with van der Waals surface area (Å²) in [7, 11) is 0. The first-order chi connectivity index (χ1) is 7.74. The molecule has 16 heavy (non-hydrogen) atoms. The van der Waals surface area contributed by atoms with Crippen LogP contribution in [0.15, 0.2) is 22.0 Å². The van der Waals surface area contributed by atoms with Gasteiger partial charge in [-0.3, -0.25) is 0 Å². The fraction of sp³-hybridized carbons (Fsp3) is 0.200. The van der Waals surface area contributed by atoms with E-state index in [9.17, 15) is 5.11 Å². The van der Waals surface area contributed by atoms with Crippen molar-refractivity contribution in [3.05, 3.63) is 23.3 Å². The van der Waals surface area contributed by atoms with E-state index >= 15 is 0 Å². The van der Waals surface area contributed by atoms with Crippen LogP contribution in [-0.4, -0.2) is 15.2 Å². The Hall–Kier alpha value is -1.24. The Kier molecular flexibility index (Phi) is 2.27. The SMILES string of the molecule is CC(O)c1noc(-c2cc3sccc3s2)n1. The van der Waals surface area contributed by atoms with Crippen LogP contribution in [0.1, 0.15) is 18.9 Å². The molecular weight excluding hydrogens is 244 g/mol. The number of aromatic nitrogens is 2. The average Bonchev–Trinajstić information content (AvgIpc) is 2.91. The third-order valence-electron chi connectivity index (χ3n) is 2.17. The second-order valence-corrected chi connectivity index (χ2v) is 5.42. The third kappa shape index (κ3) is 1.55. The molecule has 0 bridgehead atoms. The zero-order chi connectivity index (χ0) is 11.1. The van der Waals surface area contributed by atoms with Crippen LogP contribution in [0.25, 0.3) is 20.2 Å². The van der Waals surface area contributed by atoms with Crippen molar-refractivity contribution >= 4 is 32.1 Å². The molecule has 0 aromatic carbocycles. The van der Waals surface area contributed by atoms with Crippen LogP contribution in [-0.2, 0) is 0 Å². The number of thiophene rings is 2. The van der Waals surface area contributed by atoms with Crippen molar-refractivity contribution in [2.75, 3.05) is 0 Å². The molecule has 3 aromatic heterocycles. The summed E-state index contributed by atoms with van der Waals surface area (Å²) in [5, 5.41) is 15.1. The summed E-state index contributed by atoms with van der Waals surface area (Å²) in [4.78, 5) is 5.09. The first kappa shape index (κ1) is 9.95. The summed E-state index contributed by atoms with van der Waals surface area (Å²) >= 11 is 3.30. The number of nitrogens with zero attached hydrogens (tertiary/aromatic N) is 2. The minimum Gasteiger partial charge on any atom is -0.385 e. The zero-order valence-electron chi connectivity index (χ0n) is 8.38. The first-order valence-corrected chi connectivity index (χ1v) is 6.43. The Morgan fingerprint density at radius 3 is 3.00 bits per heavy atom. The molecule has 0 spiro atoms. The van der Waals surface area contributed by atoms with Gasteiger partial charge in [-0.25, -0.2) is 0 Å². The zero-order valence-corrected chi connectivity index (χ0v) is 10.0. The van der Waals surface area contributed by atoms with Crippen molar-refractivity contribution in [1.29, 1.82) is 0 Å². The van der Waals surface area contributed by atoms with E-state index in [2.05, 4.69) is 21.6 Å². The van der Waals surface area contributed by atoms with Crippen molar-refractivity contribution in [3.8, 4) is 10.8 Å². The van der Waals surface area contributed by atoms with Crippen molar-refractivity contribution in [1.82, 2.24) is 10.1 Å².